The number of rotatable bonds is 8. The van der Waals surface area contributed by atoms with Crippen molar-refractivity contribution in [2.45, 2.75) is 38.7 Å². The summed E-state index contributed by atoms with van der Waals surface area (Å²) in [6.07, 6.45) is 4.02. The highest BCUT2D eigenvalue weighted by molar-refractivity contribution is 6.21. The van der Waals surface area contributed by atoms with Gasteiger partial charge in [-0.05, 0) is 44.7 Å². The maximum absolute atomic E-state index is 12.3. The van der Waals surface area contributed by atoms with E-state index in [0.717, 1.165) is 51.3 Å². The third-order valence-corrected chi connectivity index (χ3v) is 4.80. The van der Waals surface area contributed by atoms with Crippen molar-refractivity contribution in [3.05, 3.63) is 35.4 Å². The lowest BCUT2D eigenvalue weighted by Crippen LogP contribution is -2.38. The SMILES string of the molecule is CCNC(=NCC1CCCO1)NCCCCN1C(=O)c2ccccc2C1=O. The number of benzene rings is 1. The zero-order valence-corrected chi connectivity index (χ0v) is 15.9. The Morgan fingerprint density at radius 2 is 1.93 bits per heavy atom. The highest BCUT2D eigenvalue weighted by Gasteiger charge is 2.34. The topological polar surface area (TPSA) is 83.0 Å². The van der Waals surface area contributed by atoms with Crippen molar-refractivity contribution in [3.63, 3.8) is 0 Å². The second-order valence-electron chi connectivity index (χ2n) is 6.80. The smallest absolute Gasteiger partial charge is 0.261 e. The molecule has 2 aliphatic rings. The molecule has 1 fully saturated rings. The second kappa shape index (κ2) is 9.50. The van der Waals surface area contributed by atoms with Gasteiger partial charge in [0.25, 0.3) is 11.8 Å². The summed E-state index contributed by atoms with van der Waals surface area (Å²) in [5, 5.41) is 6.53. The third kappa shape index (κ3) is 4.86. The molecular weight excluding hydrogens is 344 g/mol. The molecule has 0 aliphatic carbocycles. The van der Waals surface area contributed by atoms with Gasteiger partial charge in [-0.2, -0.15) is 0 Å². The van der Waals surface area contributed by atoms with Gasteiger partial charge in [-0.25, -0.2) is 0 Å². The third-order valence-electron chi connectivity index (χ3n) is 4.80. The Morgan fingerprint density at radius 3 is 2.56 bits per heavy atom. The zero-order valence-electron chi connectivity index (χ0n) is 15.9. The number of fused-ring (bicyclic) bond motifs is 1. The van der Waals surface area contributed by atoms with Crippen molar-refractivity contribution in [1.29, 1.82) is 0 Å². The van der Waals surface area contributed by atoms with E-state index in [4.69, 9.17) is 4.74 Å². The average Bonchev–Trinajstić information content (AvgIpc) is 3.28. The van der Waals surface area contributed by atoms with Crippen LogP contribution in [0.25, 0.3) is 0 Å². The average molecular weight is 372 g/mol. The molecule has 0 saturated carbocycles. The number of imide groups is 1. The van der Waals surface area contributed by atoms with Crippen LogP contribution in [0, 0.1) is 0 Å². The van der Waals surface area contributed by atoms with Crippen molar-refractivity contribution in [2.75, 3.05) is 32.8 Å². The summed E-state index contributed by atoms with van der Waals surface area (Å²) in [5.41, 5.74) is 1.02. The van der Waals surface area contributed by atoms with Crippen molar-refractivity contribution < 1.29 is 14.3 Å². The van der Waals surface area contributed by atoms with Crippen LogP contribution < -0.4 is 10.6 Å². The Morgan fingerprint density at radius 1 is 1.19 bits per heavy atom. The summed E-state index contributed by atoms with van der Waals surface area (Å²) in [4.78, 5) is 30.6. The molecule has 27 heavy (non-hydrogen) atoms. The number of carbonyl (C=O) groups is 2. The van der Waals surface area contributed by atoms with E-state index in [9.17, 15) is 9.59 Å². The fourth-order valence-corrected chi connectivity index (χ4v) is 3.37. The van der Waals surface area contributed by atoms with Crippen molar-refractivity contribution >= 4 is 17.8 Å². The predicted octanol–water partition coefficient (Wildman–Crippen LogP) is 1.80. The normalized spacial score (nSPS) is 19.5. The molecule has 7 nitrogen and oxygen atoms in total. The Kier molecular flexibility index (Phi) is 6.81. The molecule has 1 unspecified atom stereocenters. The highest BCUT2D eigenvalue weighted by Crippen LogP contribution is 2.22. The number of hydrogen-bond acceptors (Lipinski definition) is 4. The Labute approximate surface area is 160 Å². The van der Waals surface area contributed by atoms with E-state index in [0.29, 0.717) is 24.2 Å². The second-order valence-corrected chi connectivity index (χ2v) is 6.80. The quantitative estimate of drug-likeness (QED) is 0.315. The van der Waals surface area contributed by atoms with Gasteiger partial charge in [0.2, 0.25) is 0 Å². The molecule has 1 aromatic carbocycles. The number of amides is 2. The van der Waals surface area contributed by atoms with E-state index in [1.165, 1.54) is 4.90 Å². The van der Waals surface area contributed by atoms with Crippen LogP contribution in [0.5, 0.6) is 0 Å². The van der Waals surface area contributed by atoms with Crippen LogP contribution in [0.1, 0.15) is 53.3 Å². The summed E-state index contributed by atoms with van der Waals surface area (Å²) in [5.74, 6) is 0.416. The monoisotopic (exact) mass is 372 g/mol. The van der Waals surface area contributed by atoms with Gasteiger partial charge in [-0.15, -0.1) is 0 Å². The minimum Gasteiger partial charge on any atom is -0.376 e. The first-order valence-corrected chi connectivity index (χ1v) is 9.79. The molecule has 0 spiro atoms. The standard InChI is InChI=1S/C20H28N4O3/c1-2-21-20(23-14-15-8-7-13-27-15)22-11-5-6-12-24-18(25)16-9-3-4-10-17(16)19(24)26/h3-4,9-10,15H,2,5-8,11-14H2,1H3,(H2,21,22,23). The Hall–Kier alpha value is -2.41. The van der Waals surface area contributed by atoms with Gasteiger partial charge in [0, 0.05) is 26.2 Å². The van der Waals surface area contributed by atoms with Gasteiger partial charge in [0.1, 0.15) is 0 Å². The van der Waals surface area contributed by atoms with E-state index in [1.807, 2.05) is 6.92 Å². The molecule has 2 N–H and O–H groups in total. The molecule has 2 heterocycles. The minimum atomic E-state index is -0.185. The lowest BCUT2D eigenvalue weighted by atomic mass is 10.1. The molecule has 1 aromatic rings. The van der Waals surface area contributed by atoms with Crippen LogP contribution in [-0.4, -0.2) is 61.6 Å². The van der Waals surface area contributed by atoms with E-state index < -0.39 is 0 Å². The van der Waals surface area contributed by atoms with Gasteiger partial charge in [0.05, 0.1) is 23.8 Å². The summed E-state index contributed by atoms with van der Waals surface area (Å²) in [7, 11) is 0. The molecular formula is C20H28N4O3. The lowest BCUT2D eigenvalue weighted by Gasteiger charge is -2.15. The van der Waals surface area contributed by atoms with E-state index >= 15 is 0 Å². The van der Waals surface area contributed by atoms with Gasteiger partial charge in [-0.1, -0.05) is 12.1 Å². The predicted molar refractivity (Wildman–Crippen MR) is 104 cm³/mol. The first kappa shape index (κ1) is 19.4. The van der Waals surface area contributed by atoms with Crippen LogP contribution in [0.3, 0.4) is 0 Å². The molecule has 1 saturated heterocycles. The maximum atomic E-state index is 12.3. The zero-order chi connectivity index (χ0) is 19.1. The largest absolute Gasteiger partial charge is 0.376 e. The molecule has 0 radical (unpaired) electrons. The molecule has 146 valence electrons. The van der Waals surface area contributed by atoms with Gasteiger partial charge >= 0.3 is 0 Å². The Balaban J connectivity index is 1.40. The van der Waals surface area contributed by atoms with Crippen molar-refractivity contribution in [3.8, 4) is 0 Å². The maximum Gasteiger partial charge on any atom is 0.261 e. The lowest BCUT2D eigenvalue weighted by molar-refractivity contribution is 0.0652. The van der Waals surface area contributed by atoms with E-state index in [1.54, 1.807) is 24.3 Å². The van der Waals surface area contributed by atoms with Crippen LogP contribution in [0.4, 0.5) is 0 Å². The fourth-order valence-electron chi connectivity index (χ4n) is 3.37. The summed E-state index contributed by atoms with van der Waals surface area (Å²) in [6, 6.07) is 7.00. The molecule has 0 bridgehead atoms. The van der Waals surface area contributed by atoms with Crippen LogP contribution in [-0.2, 0) is 4.74 Å². The number of nitrogens with one attached hydrogen (secondary N) is 2. The first-order chi connectivity index (χ1) is 13.2. The molecule has 7 heteroatoms. The number of unbranched alkanes of at least 4 members (excludes halogenated alkanes) is 1. The van der Waals surface area contributed by atoms with Gasteiger partial charge in [0.15, 0.2) is 5.96 Å². The summed E-state index contributed by atoms with van der Waals surface area (Å²) >= 11 is 0. The van der Waals surface area contributed by atoms with Gasteiger partial charge in [-0.3, -0.25) is 19.5 Å². The Bertz CT molecular complexity index is 663. The molecule has 2 aliphatic heterocycles. The number of hydrogen-bond donors (Lipinski definition) is 2. The van der Waals surface area contributed by atoms with E-state index in [-0.39, 0.29) is 17.9 Å². The molecule has 2 amide bonds. The fraction of sp³-hybridized carbons (Fsp3) is 0.550. The first-order valence-electron chi connectivity index (χ1n) is 9.79. The van der Waals surface area contributed by atoms with Crippen LogP contribution in [0.2, 0.25) is 0 Å². The number of ether oxygens (including phenoxy) is 1. The van der Waals surface area contributed by atoms with E-state index in [2.05, 4.69) is 15.6 Å². The number of aliphatic imine (C=N–C) groups is 1. The minimum absolute atomic E-state index is 0.185. The highest BCUT2D eigenvalue weighted by atomic mass is 16.5. The number of guanidine groups is 1. The van der Waals surface area contributed by atoms with Crippen molar-refractivity contribution in [1.82, 2.24) is 15.5 Å². The molecule has 3 rings (SSSR count). The molecule has 1 atom stereocenters. The van der Waals surface area contributed by atoms with Crippen molar-refractivity contribution in [2.24, 2.45) is 4.99 Å². The molecule has 0 aromatic heterocycles. The number of carbonyl (C=O) groups excluding carboxylic acids is 2. The number of nitrogens with zero attached hydrogens (tertiary/aromatic N) is 2. The van der Waals surface area contributed by atoms with Crippen LogP contribution in [0.15, 0.2) is 29.3 Å². The summed E-state index contributed by atoms with van der Waals surface area (Å²) < 4.78 is 5.60. The van der Waals surface area contributed by atoms with Gasteiger partial charge < -0.3 is 15.4 Å². The summed E-state index contributed by atoms with van der Waals surface area (Å²) in [6.45, 7) is 5.52. The van der Waals surface area contributed by atoms with Crippen LogP contribution >= 0.6 is 0 Å².